The van der Waals surface area contributed by atoms with Crippen molar-refractivity contribution in [1.82, 2.24) is 10.9 Å². The van der Waals surface area contributed by atoms with Crippen LogP contribution in [0.2, 0.25) is 0 Å². The normalized spacial score (nSPS) is 11.5. The van der Waals surface area contributed by atoms with Crippen LogP contribution in [-0.4, -0.2) is 24.3 Å². The van der Waals surface area contributed by atoms with Crippen LogP contribution in [0.5, 0.6) is 5.75 Å². The summed E-state index contributed by atoms with van der Waals surface area (Å²) in [6.45, 7) is 14.6. The van der Waals surface area contributed by atoms with Gasteiger partial charge in [-0.2, -0.15) is 0 Å². The quantitative estimate of drug-likeness (QED) is 0.449. The van der Waals surface area contributed by atoms with Crippen molar-refractivity contribution in [2.75, 3.05) is 11.9 Å². The van der Waals surface area contributed by atoms with E-state index in [1.165, 1.54) is 5.56 Å². The minimum absolute atomic E-state index is 0.000958. The number of hydrazine groups is 1. The highest BCUT2D eigenvalue weighted by atomic mass is 16.5. The molecule has 2 rings (SSSR count). The molecule has 0 atom stereocenters. The molecule has 0 saturated carbocycles. The zero-order valence-corrected chi connectivity index (χ0v) is 22.0. The molecule has 0 unspecified atom stereocenters. The molecule has 0 aliphatic rings. The molecule has 0 spiro atoms. The van der Waals surface area contributed by atoms with Crippen molar-refractivity contribution in [3.63, 3.8) is 0 Å². The zero-order valence-electron chi connectivity index (χ0n) is 22.0. The van der Waals surface area contributed by atoms with Crippen molar-refractivity contribution in [3.8, 4) is 5.75 Å². The third kappa shape index (κ3) is 8.74. The first-order valence-electron chi connectivity index (χ1n) is 12.1. The van der Waals surface area contributed by atoms with Gasteiger partial charge in [0.2, 0.25) is 5.91 Å². The molecule has 7 nitrogen and oxygen atoms in total. The van der Waals surface area contributed by atoms with E-state index in [1.54, 1.807) is 24.3 Å². The number of anilines is 1. The first-order valence-corrected chi connectivity index (χ1v) is 12.1. The highest BCUT2D eigenvalue weighted by molar-refractivity contribution is 5.96. The Morgan fingerprint density at radius 3 is 2.06 bits per heavy atom. The summed E-state index contributed by atoms with van der Waals surface area (Å²) in [5, 5.41) is 2.80. The van der Waals surface area contributed by atoms with Crippen LogP contribution in [0.15, 0.2) is 42.5 Å². The van der Waals surface area contributed by atoms with Gasteiger partial charge in [0.25, 0.3) is 11.8 Å². The second-order valence-electron chi connectivity index (χ2n) is 10.7. The average molecular weight is 482 g/mol. The van der Waals surface area contributed by atoms with Gasteiger partial charge < -0.3 is 10.1 Å². The van der Waals surface area contributed by atoms with Gasteiger partial charge >= 0.3 is 0 Å². The van der Waals surface area contributed by atoms with Crippen LogP contribution in [0.3, 0.4) is 0 Å². The van der Waals surface area contributed by atoms with Crippen LogP contribution < -0.4 is 20.9 Å². The monoisotopic (exact) mass is 481 g/mol. The van der Waals surface area contributed by atoms with E-state index in [2.05, 4.69) is 63.8 Å². The molecule has 0 bridgehead atoms. The van der Waals surface area contributed by atoms with E-state index in [-0.39, 0.29) is 23.3 Å². The van der Waals surface area contributed by atoms with E-state index in [0.717, 1.165) is 18.4 Å². The second-order valence-corrected chi connectivity index (χ2v) is 10.7. The summed E-state index contributed by atoms with van der Waals surface area (Å²) in [6.07, 6.45) is 2.24. The molecule has 190 valence electrons. The van der Waals surface area contributed by atoms with Gasteiger partial charge in [0.1, 0.15) is 5.75 Å². The molecule has 3 amide bonds. The smallest absolute Gasteiger partial charge is 0.276 e. The van der Waals surface area contributed by atoms with Crippen molar-refractivity contribution in [2.24, 2.45) is 0 Å². The molecule has 2 aromatic carbocycles. The highest BCUT2D eigenvalue weighted by Gasteiger charge is 2.23. The van der Waals surface area contributed by atoms with Crippen molar-refractivity contribution in [2.45, 2.75) is 78.6 Å². The number of unbranched alkanes of at least 4 members (excludes halogenated alkanes) is 1. The lowest BCUT2D eigenvalue weighted by Crippen LogP contribution is -2.43. The number of benzene rings is 2. The summed E-state index contributed by atoms with van der Waals surface area (Å²) in [6, 6.07) is 12.5. The number of nitrogens with one attached hydrogen (secondary N) is 3. The fourth-order valence-electron chi connectivity index (χ4n) is 3.35. The summed E-state index contributed by atoms with van der Waals surface area (Å²) in [4.78, 5) is 36.5. The molecule has 0 radical (unpaired) electrons. The van der Waals surface area contributed by atoms with E-state index < -0.39 is 11.8 Å². The lowest BCUT2D eigenvalue weighted by molar-refractivity contribution is -0.123. The number of ether oxygens (including phenoxy) is 1. The largest absolute Gasteiger partial charge is 0.483 e. The van der Waals surface area contributed by atoms with E-state index in [0.29, 0.717) is 23.4 Å². The Balaban J connectivity index is 1.91. The molecular formula is C28H39N3O4. The maximum atomic E-state index is 12.4. The van der Waals surface area contributed by atoms with Crippen LogP contribution >= 0.6 is 0 Å². The van der Waals surface area contributed by atoms with E-state index in [9.17, 15) is 14.4 Å². The Bertz CT molecular complexity index is 1030. The van der Waals surface area contributed by atoms with Gasteiger partial charge in [0.15, 0.2) is 6.61 Å². The molecule has 0 saturated heterocycles. The Morgan fingerprint density at radius 1 is 0.829 bits per heavy atom. The average Bonchev–Trinajstić information content (AvgIpc) is 2.79. The molecule has 0 fully saturated rings. The predicted octanol–water partition coefficient (Wildman–Crippen LogP) is 5.25. The molecule has 0 aliphatic heterocycles. The number of carbonyl (C=O) groups is 3. The topological polar surface area (TPSA) is 96.5 Å². The summed E-state index contributed by atoms with van der Waals surface area (Å²) in [5.74, 6) is -0.354. The minimum atomic E-state index is -0.474. The van der Waals surface area contributed by atoms with Gasteiger partial charge in [0, 0.05) is 17.7 Å². The molecule has 3 N–H and O–H groups in total. The molecule has 0 heterocycles. The van der Waals surface area contributed by atoms with Gasteiger partial charge in [-0.15, -0.1) is 0 Å². The Kier molecular flexibility index (Phi) is 9.46. The van der Waals surface area contributed by atoms with Gasteiger partial charge in [-0.05, 0) is 58.7 Å². The molecule has 35 heavy (non-hydrogen) atoms. The minimum Gasteiger partial charge on any atom is -0.483 e. The number of hydrogen-bond acceptors (Lipinski definition) is 4. The van der Waals surface area contributed by atoms with E-state index in [1.807, 2.05) is 19.1 Å². The lowest BCUT2D eigenvalue weighted by Gasteiger charge is -2.27. The van der Waals surface area contributed by atoms with Gasteiger partial charge in [-0.1, -0.05) is 67.0 Å². The third-order valence-corrected chi connectivity index (χ3v) is 5.52. The first kappa shape index (κ1) is 27.9. The van der Waals surface area contributed by atoms with Crippen molar-refractivity contribution < 1.29 is 19.1 Å². The summed E-state index contributed by atoms with van der Waals surface area (Å²) in [5.41, 5.74) is 7.79. The maximum Gasteiger partial charge on any atom is 0.276 e. The molecule has 7 heteroatoms. The van der Waals surface area contributed by atoms with Crippen LogP contribution in [0, 0.1) is 0 Å². The Morgan fingerprint density at radius 2 is 1.49 bits per heavy atom. The Labute approximate surface area is 209 Å². The van der Waals surface area contributed by atoms with Crippen molar-refractivity contribution >= 4 is 23.4 Å². The molecule has 0 aromatic heterocycles. The van der Waals surface area contributed by atoms with Gasteiger partial charge in [-0.25, -0.2) is 0 Å². The molecule has 0 aliphatic carbocycles. The van der Waals surface area contributed by atoms with Crippen LogP contribution in [-0.2, 0) is 20.4 Å². The SMILES string of the molecule is CCCCC(=O)Nc1ccc(C(=O)NNC(=O)COc2ccc(C(C)(C)C)cc2C(C)(C)C)cc1. The van der Waals surface area contributed by atoms with Crippen LogP contribution in [0.25, 0.3) is 0 Å². The standard InChI is InChI=1S/C28H39N3O4/c1-8-9-10-24(32)29-21-14-11-19(12-15-21)26(34)31-30-25(33)18-35-23-16-13-20(27(2,3)4)17-22(23)28(5,6)7/h11-17H,8-10,18H2,1-7H3,(H,29,32)(H,30,33)(H,31,34). The first-order chi connectivity index (χ1) is 16.3. The maximum absolute atomic E-state index is 12.4. The fourth-order valence-corrected chi connectivity index (χ4v) is 3.35. The fraction of sp³-hybridized carbons (Fsp3) is 0.464. The summed E-state index contributed by atoms with van der Waals surface area (Å²) >= 11 is 0. The number of rotatable bonds is 8. The highest BCUT2D eigenvalue weighted by Crippen LogP contribution is 2.35. The van der Waals surface area contributed by atoms with Gasteiger partial charge in [0.05, 0.1) is 0 Å². The van der Waals surface area contributed by atoms with Gasteiger partial charge in [-0.3, -0.25) is 25.2 Å². The number of hydrogen-bond donors (Lipinski definition) is 3. The lowest BCUT2D eigenvalue weighted by atomic mass is 9.80. The Hall–Kier alpha value is -3.35. The van der Waals surface area contributed by atoms with Crippen LogP contribution in [0.1, 0.15) is 89.2 Å². The van der Waals surface area contributed by atoms with E-state index >= 15 is 0 Å². The second kappa shape index (κ2) is 11.9. The number of amides is 3. The predicted molar refractivity (Wildman–Crippen MR) is 140 cm³/mol. The van der Waals surface area contributed by atoms with Crippen molar-refractivity contribution in [3.05, 3.63) is 59.2 Å². The van der Waals surface area contributed by atoms with Crippen LogP contribution in [0.4, 0.5) is 5.69 Å². The summed E-state index contributed by atoms with van der Waals surface area (Å²) in [7, 11) is 0. The third-order valence-electron chi connectivity index (χ3n) is 5.52. The number of carbonyl (C=O) groups excluding carboxylic acids is 3. The zero-order chi connectivity index (χ0) is 26.2. The molecular weight excluding hydrogens is 442 g/mol. The van der Waals surface area contributed by atoms with Crippen molar-refractivity contribution in [1.29, 1.82) is 0 Å². The van der Waals surface area contributed by atoms with E-state index in [4.69, 9.17) is 4.74 Å². The molecule has 2 aromatic rings. The summed E-state index contributed by atoms with van der Waals surface area (Å²) < 4.78 is 5.81.